The quantitative estimate of drug-likeness (QED) is 0.762. The third-order valence-corrected chi connectivity index (χ3v) is 2.67. The molecule has 1 nitrogen and oxygen atoms in total. The maximum absolute atomic E-state index is 12.2. The Morgan fingerprint density at radius 3 is 2.58 bits per heavy atom. The van der Waals surface area contributed by atoms with Crippen molar-refractivity contribution >= 4 is 22.6 Å². The number of hydrogen-bond donors (Lipinski definition) is 0. The second-order valence-electron chi connectivity index (χ2n) is 2.14. The molecule has 0 aliphatic carbocycles. The molecule has 0 N–H and O–H groups in total. The van der Waals surface area contributed by atoms with Gasteiger partial charge in [-0.05, 0) is 22.6 Å². The van der Waals surface area contributed by atoms with E-state index in [9.17, 15) is 13.2 Å². The maximum atomic E-state index is 12.2. The SMILES string of the molecule is FCc1cncc(C(F)F)c1I. The van der Waals surface area contributed by atoms with Crippen LogP contribution in [0.5, 0.6) is 0 Å². The second kappa shape index (κ2) is 4.06. The zero-order valence-electron chi connectivity index (χ0n) is 5.90. The number of alkyl halides is 3. The standard InChI is InChI=1S/C7H5F3IN/c8-1-4-2-12-3-5(6(4)11)7(9)10/h2-3,7H,1H2. The van der Waals surface area contributed by atoms with Gasteiger partial charge in [0.25, 0.3) is 6.43 Å². The molecule has 1 aromatic heterocycles. The lowest BCUT2D eigenvalue weighted by Gasteiger charge is -2.04. The number of pyridine rings is 1. The number of aromatic nitrogens is 1. The lowest BCUT2D eigenvalue weighted by Crippen LogP contribution is -1.95. The van der Waals surface area contributed by atoms with Crippen LogP contribution in [0.3, 0.4) is 0 Å². The summed E-state index contributed by atoms with van der Waals surface area (Å²) in [4.78, 5) is 3.51. The molecule has 0 aliphatic heterocycles. The zero-order chi connectivity index (χ0) is 9.14. The van der Waals surface area contributed by atoms with Crippen LogP contribution in [0.15, 0.2) is 12.4 Å². The Hall–Kier alpha value is -0.330. The minimum Gasteiger partial charge on any atom is -0.264 e. The summed E-state index contributed by atoms with van der Waals surface area (Å²) >= 11 is 1.70. The Morgan fingerprint density at radius 1 is 1.42 bits per heavy atom. The lowest BCUT2D eigenvalue weighted by molar-refractivity contribution is 0.149. The molecule has 0 atom stereocenters. The minimum absolute atomic E-state index is 0.203. The van der Waals surface area contributed by atoms with E-state index in [0.717, 1.165) is 6.20 Å². The van der Waals surface area contributed by atoms with Gasteiger partial charge in [0.2, 0.25) is 0 Å². The van der Waals surface area contributed by atoms with Gasteiger partial charge in [0.05, 0.1) is 0 Å². The van der Waals surface area contributed by atoms with Crippen molar-refractivity contribution in [2.24, 2.45) is 0 Å². The lowest BCUT2D eigenvalue weighted by atomic mass is 10.2. The smallest absolute Gasteiger partial charge is 0.264 e. The molecule has 66 valence electrons. The van der Waals surface area contributed by atoms with E-state index in [1.165, 1.54) is 6.20 Å². The molecule has 1 heterocycles. The third kappa shape index (κ3) is 1.88. The van der Waals surface area contributed by atoms with E-state index in [2.05, 4.69) is 4.98 Å². The summed E-state index contributed by atoms with van der Waals surface area (Å²) < 4.78 is 36.8. The van der Waals surface area contributed by atoms with E-state index < -0.39 is 13.1 Å². The van der Waals surface area contributed by atoms with Crippen LogP contribution < -0.4 is 0 Å². The highest BCUT2D eigenvalue weighted by molar-refractivity contribution is 14.1. The van der Waals surface area contributed by atoms with Crippen molar-refractivity contribution in [1.29, 1.82) is 0 Å². The van der Waals surface area contributed by atoms with Gasteiger partial charge in [-0.25, -0.2) is 13.2 Å². The summed E-state index contributed by atoms with van der Waals surface area (Å²) in [5.74, 6) is 0. The van der Waals surface area contributed by atoms with E-state index in [-0.39, 0.29) is 14.7 Å². The zero-order valence-corrected chi connectivity index (χ0v) is 8.06. The van der Waals surface area contributed by atoms with Crippen molar-refractivity contribution in [3.63, 3.8) is 0 Å². The first-order chi connectivity index (χ1) is 5.66. The Labute approximate surface area is 81.1 Å². The van der Waals surface area contributed by atoms with E-state index in [1.807, 2.05) is 0 Å². The normalized spacial score (nSPS) is 10.8. The first-order valence-electron chi connectivity index (χ1n) is 3.13. The van der Waals surface area contributed by atoms with Gasteiger partial charge in [0, 0.05) is 27.1 Å². The molecule has 5 heteroatoms. The fraction of sp³-hybridized carbons (Fsp3) is 0.286. The fourth-order valence-corrected chi connectivity index (χ4v) is 1.41. The molecule has 0 saturated heterocycles. The molecule has 0 spiro atoms. The minimum atomic E-state index is -2.59. The second-order valence-corrected chi connectivity index (χ2v) is 3.21. The van der Waals surface area contributed by atoms with Crippen LogP contribution in [0.25, 0.3) is 0 Å². The highest BCUT2D eigenvalue weighted by Crippen LogP contribution is 2.25. The van der Waals surface area contributed by atoms with E-state index in [4.69, 9.17) is 0 Å². The first kappa shape index (κ1) is 9.76. The van der Waals surface area contributed by atoms with Gasteiger partial charge in [0.15, 0.2) is 0 Å². The predicted molar refractivity (Wildman–Crippen MR) is 46.7 cm³/mol. The van der Waals surface area contributed by atoms with Gasteiger partial charge in [-0.2, -0.15) is 0 Å². The van der Waals surface area contributed by atoms with E-state index >= 15 is 0 Å². The van der Waals surface area contributed by atoms with Gasteiger partial charge in [-0.1, -0.05) is 0 Å². The van der Waals surface area contributed by atoms with Gasteiger partial charge in [-0.3, -0.25) is 4.98 Å². The van der Waals surface area contributed by atoms with Crippen molar-refractivity contribution in [3.8, 4) is 0 Å². The van der Waals surface area contributed by atoms with Crippen molar-refractivity contribution in [2.45, 2.75) is 13.1 Å². The van der Waals surface area contributed by atoms with Crippen molar-refractivity contribution < 1.29 is 13.2 Å². The molecule has 0 radical (unpaired) electrons. The summed E-state index contributed by atoms with van der Waals surface area (Å²) in [6.45, 7) is -0.758. The molecule has 1 aromatic rings. The summed E-state index contributed by atoms with van der Waals surface area (Å²) in [6, 6.07) is 0. The van der Waals surface area contributed by atoms with Gasteiger partial charge in [-0.15, -0.1) is 0 Å². The topological polar surface area (TPSA) is 12.9 Å². The van der Waals surface area contributed by atoms with Crippen molar-refractivity contribution in [2.75, 3.05) is 0 Å². The molecule has 0 saturated carbocycles. The summed E-state index contributed by atoms with van der Waals surface area (Å²) in [5.41, 5.74) is 0.0131. The van der Waals surface area contributed by atoms with Crippen LogP contribution in [0.1, 0.15) is 17.6 Å². The average molecular weight is 287 g/mol. The van der Waals surface area contributed by atoms with E-state index in [1.54, 1.807) is 22.6 Å². The van der Waals surface area contributed by atoms with Crippen LogP contribution in [-0.2, 0) is 6.67 Å². The van der Waals surface area contributed by atoms with Crippen LogP contribution in [0.2, 0.25) is 0 Å². The number of rotatable bonds is 2. The molecule has 0 bridgehead atoms. The summed E-state index contributed by atoms with van der Waals surface area (Å²) in [5, 5.41) is 0. The molecule has 0 fully saturated rings. The van der Waals surface area contributed by atoms with Gasteiger partial charge in [0.1, 0.15) is 6.67 Å². The van der Waals surface area contributed by atoms with Gasteiger partial charge < -0.3 is 0 Å². The van der Waals surface area contributed by atoms with Crippen LogP contribution >= 0.6 is 22.6 Å². The third-order valence-electron chi connectivity index (χ3n) is 1.36. The number of halogens is 4. The largest absolute Gasteiger partial charge is 0.266 e. The Balaban J connectivity index is 3.14. The molecule has 12 heavy (non-hydrogen) atoms. The molecule has 0 unspecified atom stereocenters. The molecule has 0 aliphatic rings. The number of nitrogens with zero attached hydrogens (tertiary/aromatic N) is 1. The van der Waals surface area contributed by atoms with Crippen molar-refractivity contribution in [1.82, 2.24) is 4.98 Å². The van der Waals surface area contributed by atoms with Crippen molar-refractivity contribution in [3.05, 3.63) is 27.1 Å². The average Bonchev–Trinajstić information content (AvgIpc) is 2.04. The monoisotopic (exact) mass is 287 g/mol. The molecular weight excluding hydrogens is 282 g/mol. The van der Waals surface area contributed by atoms with Crippen LogP contribution in [0, 0.1) is 3.57 Å². The summed E-state index contributed by atoms with van der Waals surface area (Å²) in [7, 11) is 0. The van der Waals surface area contributed by atoms with Crippen LogP contribution in [0.4, 0.5) is 13.2 Å². The number of hydrogen-bond acceptors (Lipinski definition) is 1. The predicted octanol–water partition coefficient (Wildman–Crippen LogP) is 3.09. The fourth-order valence-electron chi connectivity index (χ4n) is 0.752. The highest BCUT2D eigenvalue weighted by Gasteiger charge is 2.14. The summed E-state index contributed by atoms with van der Waals surface area (Å²) in [6.07, 6.45) is -0.268. The molecule has 1 rings (SSSR count). The Morgan fingerprint density at radius 2 is 2.08 bits per heavy atom. The maximum Gasteiger partial charge on any atom is 0.266 e. The van der Waals surface area contributed by atoms with Gasteiger partial charge >= 0.3 is 0 Å². The molecule has 0 amide bonds. The Kier molecular flexibility index (Phi) is 3.30. The van der Waals surface area contributed by atoms with Crippen LogP contribution in [-0.4, -0.2) is 4.98 Å². The Bertz CT molecular complexity index is 277. The first-order valence-corrected chi connectivity index (χ1v) is 4.21. The molecular formula is C7H5F3IN. The molecule has 0 aromatic carbocycles. The van der Waals surface area contributed by atoms with E-state index in [0.29, 0.717) is 0 Å². The highest BCUT2D eigenvalue weighted by atomic mass is 127.